The van der Waals surface area contributed by atoms with Gasteiger partial charge in [0.05, 0.1) is 7.11 Å². The normalized spacial score (nSPS) is 10.9. The molecule has 0 heterocycles. The Kier molecular flexibility index (Phi) is 8.64. The number of aryl methyl sites for hydroxylation is 1. The number of methoxy groups -OCH3 is 1. The summed E-state index contributed by atoms with van der Waals surface area (Å²) in [6.07, 6.45) is 2.31. The summed E-state index contributed by atoms with van der Waals surface area (Å²) in [6, 6.07) is 14.0. The highest BCUT2D eigenvalue weighted by atomic mass is 16.6. The number of benzene rings is 2. The first-order valence-electron chi connectivity index (χ1n) is 9.89. The molecule has 0 aliphatic carbocycles. The van der Waals surface area contributed by atoms with Gasteiger partial charge in [0.2, 0.25) is 0 Å². The molecule has 0 atom stereocenters. The van der Waals surface area contributed by atoms with Crippen LogP contribution in [0.4, 0.5) is 0 Å². The summed E-state index contributed by atoms with van der Waals surface area (Å²) in [5.41, 5.74) is 1.62. The second kappa shape index (κ2) is 11.4. The summed E-state index contributed by atoms with van der Waals surface area (Å²) in [5, 5.41) is 11.9. The predicted octanol–water partition coefficient (Wildman–Crippen LogP) is 3.67. The maximum Gasteiger partial charge on any atom is 0.349 e. The van der Waals surface area contributed by atoms with Gasteiger partial charge >= 0.3 is 5.97 Å². The molecule has 31 heavy (non-hydrogen) atoms. The van der Waals surface area contributed by atoms with Gasteiger partial charge in [0.15, 0.2) is 18.1 Å². The molecule has 2 aromatic rings. The highest BCUT2D eigenvalue weighted by Crippen LogP contribution is 2.29. The third-order valence-corrected chi connectivity index (χ3v) is 4.17. The van der Waals surface area contributed by atoms with E-state index < -0.39 is 11.9 Å². The van der Waals surface area contributed by atoms with Gasteiger partial charge in [-0.05, 0) is 61.7 Å². The first-order chi connectivity index (χ1) is 14.9. The van der Waals surface area contributed by atoms with Crippen molar-refractivity contribution < 1.29 is 23.8 Å². The molecule has 0 unspecified atom stereocenters. The lowest BCUT2D eigenvalue weighted by molar-refractivity contribution is -0.136. The Balaban J connectivity index is 2.08. The quantitative estimate of drug-likeness (QED) is 0.287. The molecule has 7 nitrogen and oxygen atoms in total. The number of ether oxygens (including phenoxy) is 3. The number of nitriles is 1. The Bertz CT molecular complexity index is 1010. The topological polar surface area (TPSA) is 97.7 Å². The number of amides is 1. The Labute approximate surface area is 182 Å². The van der Waals surface area contributed by atoms with Crippen molar-refractivity contribution in [3.8, 4) is 23.3 Å². The van der Waals surface area contributed by atoms with Crippen molar-refractivity contribution in [1.29, 1.82) is 5.26 Å². The second-order valence-corrected chi connectivity index (χ2v) is 6.97. The van der Waals surface area contributed by atoms with E-state index in [0.29, 0.717) is 11.3 Å². The Morgan fingerprint density at radius 2 is 1.94 bits per heavy atom. The van der Waals surface area contributed by atoms with Crippen LogP contribution in [-0.2, 0) is 16.0 Å². The molecule has 2 rings (SSSR count). The van der Waals surface area contributed by atoms with Crippen molar-refractivity contribution in [3.05, 3.63) is 59.2 Å². The van der Waals surface area contributed by atoms with Crippen LogP contribution < -0.4 is 19.5 Å². The van der Waals surface area contributed by atoms with Gasteiger partial charge in [-0.2, -0.15) is 5.26 Å². The standard InChI is InChI=1S/C24H26N2O5/c1-5-17-7-6-8-20(12-17)30-15-23(27)31-21-10-9-18(13-22(21)29-4)11-19(14-25)24(28)26-16(2)3/h6-13,16H,5,15H2,1-4H3,(H,26,28)/b19-11+. The van der Waals surface area contributed by atoms with Crippen LogP contribution in [0.5, 0.6) is 17.2 Å². The van der Waals surface area contributed by atoms with Gasteiger partial charge in [-0.15, -0.1) is 0 Å². The zero-order chi connectivity index (χ0) is 22.8. The summed E-state index contributed by atoms with van der Waals surface area (Å²) in [4.78, 5) is 24.3. The average molecular weight is 422 g/mol. The minimum absolute atomic E-state index is 0.0387. The summed E-state index contributed by atoms with van der Waals surface area (Å²) >= 11 is 0. The molecule has 0 saturated heterocycles. The van der Waals surface area contributed by atoms with Crippen molar-refractivity contribution in [2.75, 3.05) is 13.7 Å². The summed E-state index contributed by atoms with van der Waals surface area (Å²) in [5.74, 6) is 0.0403. The van der Waals surface area contributed by atoms with Gasteiger partial charge in [-0.1, -0.05) is 25.1 Å². The minimum Gasteiger partial charge on any atom is -0.493 e. The van der Waals surface area contributed by atoms with Crippen molar-refractivity contribution in [3.63, 3.8) is 0 Å². The Morgan fingerprint density at radius 3 is 2.58 bits per heavy atom. The van der Waals surface area contributed by atoms with Crippen molar-refractivity contribution in [2.24, 2.45) is 0 Å². The molecular formula is C24H26N2O5. The van der Waals surface area contributed by atoms with Crippen molar-refractivity contribution in [2.45, 2.75) is 33.2 Å². The average Bonchev–Trinajstić information content (AvgIpc) is 2.76. The highest BCUT2D eigenvalue weighted by molar-refractivity contribution is 6.01. The minimum atomic E-state index is -0.586. The van der Waals surface area contributed by atoms with Crippen LogP contribution in [0, 0.1) is 11.3 Å². The van der Waals surface area contributed by atoms with Crippen LogP contribution >= 0.6 is 0 Å². The van der Waals surface area contributed by atoms with Crippen molar-refractivity contribution in [1.82, 2.24) is 5.32 Å². The lowest BCUT2D eigenvalue weighted by Gasteiger charge is -2.11. The van der Waals surface area contributed by atoms with E-state index in [0.717, 1.165) is 12.0 Å². The van der Waals surface area contributed by atoms with Crippen LogP contribution in [0.3, 0.4) is 0 Å². The van der Waals surface area contributed by atoms with E-state index in [4.69, 9.17) is 14.2 Å². The van der Waals surface area contributed by atoms with Gasteiger partial charge < -0.3 is 19.5 Å². The van der Waals surface area contributed by atoms with Gasteiger partial charge in [-0.3, -0.25) is 4.79 Å². The molecule has 1 amide bonds. The number of nitrogens with zero attached hydrogens (tertiary/aromatic N) is 1. The molecule has 0 aliphatic rings. The molecule has 2 aromatic carbocycles. The molecular weight excluding hydrogens is 396 g/mol. The number of carbonyl (C=O) groups is 2. The maximum atomic E-state index is 12.2. The number of carbonyl (C=O) groups excluding carboxylic acids is 2. The molecule has 0 bridgehead atoms. The molecule has 7 heteroatoms. The predicted molar refractivity (Wildman–Crippen MR) is 117 cm³/mol. The smallest absolute Gasteiger partial charge is 0.349 e. The van der Waals surface area contributed by atoms with Crippen LogP contribution in [0.15, 0.2) is 48.0 Å². The van der Waals surface area contributed by atoms with E-state index in [1.165, 1.54) is 19.3 Å². The molecule has 0 spiro atoms. The molecule has 1 N–H and O–H groups in total. The van der Waals surface area contributed by atoms with E-state index >= 15 is 0 Å². The zero-order valence-electron chi connectivity index (χ0n) is 18.1. The number of rotatable bonds is 9. The molecule has 0 fully saturated rings. The van der Waals surface area contributed by atoms with Crippen LogP contribution in [0.2, 0.25) is 0 Å². The number of esters is 1. The summed E-state index contributed by atoms with van der Waals surface area (Å²) in [7, 11) is 1.43. The maximum absolute atomic E-state index is 12.2. The van der Waals surface area contributed by atoms with E-state index in [1.807, 2.05) is 45.0 Å². The van der Waals surface area contributed by atoms with Crippen molar-refractivity contribution >= 4 is 18.0 Å². The number of nitrogens with one attached hydrogen (secondary N) is 1. The zero-order valence-corrected chi connectivity index (χ0v) is 18.1. The number of hydrogen-bond acceptors (Lipinski definition) is 6. The first-order valence-corrected chi connectivity index (χ1v) is 9.89. The lowest BCUT2D eigenvalue weighted by atomic mass is 10.1. The van der Waals surface area contributed by atoms with E-state index in [-0.39, 0.29) is 29.7 Å². The van der Waals surface area contributed by atoms with Gasteiger partial charge in [0.1, 0.15) is 17.4 Å². The van der Waals surface area contributed by atoms with E-state index in [2.05, 4.69) is 5.32 Å². The SMILES string of the molecule is CCc1cccc(OCC(=O)Oc2ccc(/C=C(\C#N)C(=O)NC(C)C)cc2OC)c1. The number of hydrogen-bond donors (Lipinski definition) is 1. The van der Waals surface area contributed by atoms with Crippen LogP contribution in [0.1, 0.15) is 31.9 Å². The molecule has 0 radical (unpaired) electrons. The molecule has 0 saturated carbocycles. The molecule has 0 aromatic heterocycles. The largest absolute Gasteiger partial charge is 0.493 e. The highest BCUT2D eigenvalue weighted by Gasteiger charge is 2.14. The third kappa shape index (κ3) is 7.19. The molecule has 0 aliphatic heterocycles. The second-order valence-electron chi connectivity index (χ2n) is 6.97. The Hall–Kier alpha value is -3.79. The molecule has 162 valence electrons. The van der Waals surface area contributed by atoms with E-state index in [1.54, 1.807) is 18.2 Å². The Morgan fingerprint density at radius 1 is 1.16 bits per heavy atom. The third-order valence-electron chi connectivity index (χ3n) is 4.17. The first kappa shape index (κ1) is 23.5. The fourth-order valence-corrected chi connectivity index (χ4v) is 2.66. The summed E-state index contributed by atoms with van der Waals surface area (Å²) in [6.45, 7) is 5.40. The summed E-state index contributed by atoms with van der Waals surface area (Å²) < 4.78 is 16.1. The van der Waals surface area contributed by atoms with Gasteiger partial charge in [-0.25, -0.2) is 4.79 Å². The van der Waals surface area contributed by atoms with E-state index in [9.17, 15) is 14.9 Å². The van der Waals surface area contributed by atoms with Crippen LogP contribution in [-0.4, -0.2) is 31.6 Å². The van der Waals surface area contributed by atoms with Crippen LogP contribution in [0.25, 0.3) is 6.08 Å². The van der Waals surface area contributed by atoms with Gasteiger partial charge in [0, 0.05) is 6.04 Å². The fraction of sp³-hybridized carbons (Fsp3) is 0.292. The fourth-order valence-electron chi connectivity index (χ4n) is 2.66. The monoisotopic (exact) mass is 422 g/mol. The lowest BCUT2D eigenvalue weighted by Crippen LogP contribution is -2.30. The van der Waals surface area contributed by atoms with Gasteiger partial charge in [0.25, 0.3) is 5.91 Å².